The zero-order valence-electron chi connectivity index (χ0n) is 6.00. The maximum absolute atomic E-state index is 0. The molecule has 1 atom stereocenters. The van der Waals surface area contributed by atoms with E-state index in [0.29, 0.717) is 0 Å². The largest absolute Gasteiger partial charge is 1.00 e. The molecule has 0 aromatic heterocycles. The number of hydrogen-bond donors (Lipinski definition) is 0. The summed E-state index contributed by atoms with van der Waals surface area (Å²) in [7, 11) is 0. The fourth-order valence-corrected chi connectivity index (χ4v) is 0. The Balaban J connectivity index is 0. The maximum atomic E-state index is 0. The average molecular weight is 150 g/mol. The van der Waals surface area contributed by atoms with Crippen molar-refractivity contribution in [3.63, 3.8) is 0 Å². The summed E-state index contributed by atoms with van der Waals surface area (Å²) in [5.74, 6) is 0. The monoisotopic (exact) mass is 150 g/mol. The second-order valence-corrected chi connectivity index (χ2v) is 0. The Morgan fingerprint density at radius 2 is 0.333 bits per heavy atom. The van der Waals surface area contributed by atoms with Crippen molar-refractivity contribution in [2.24, 2.45) is 0 Å². The minimum atomic E-state index is 0. The Morgan fingerprint density at radius 3 is 0.333 bits per heavy atom. The van der Waals surface area contributed by atoms with Crippen molar-refractivity contribution < 1.29 is 148 Å². The fraction of sp³-hybridized carbons (Fsp3) is 0. The maximum Gasteiger partial charge on any atom is 1.00 e. The van der Waals surface area contributed by atoms with E-state index in [9.17, 15) is 0 Å². The molecule has 1 unspecified atom stereocenters. The summed E-state index contributed by atoms with van der Waals surface area (Å²) < 4.78 is 0. The van der Waals surface area contributed by atoms with Gasteiger partial charge in [0, 0.05) is 0 Å². The number of rotatable bonds is 0. The molecular formula is H4Na5P+6. The third-order valence-corrected chi connectivity index (χ3v) is 0. The molecule has 0 saturated heterocycles. The normalized spacial score (nSPS) is 0. The first-order valence-corrected chi connectivity index (χ1v) is 0. The van der Waals surface area contributed by atoms with Crippen molar-refractivity contribution in [1.29, 1.82) is 0 Å². The molecule has 0 radical (unpaired) electrons. The van der Waals surface area contributed by atoms with Crippen molar-refractivity contribution in [2.45, 2.75) is 0 Å². The van der Waals surface area contributed by atoms with E-state index in [4.69, 9.17) is 0 Å². The van der Waals surface area contributed by atoms with Gasteiger partial charge in [-0.2, -0.15) is 0 Å². The van der Waals surface area contributed by atoms with Crippen LogP contribution in [0.5, 0.6) is 0 Å². The van der Waals surface area contributed by atoms with Crippen LogP contribution in [0, 0.1) is 0 Å². The third-order valence-electron chi connectivity index (χ3n) is 0. The van der Waals surface area contributed by atoms with E-state index in [0.717, 1.165) is 0 Å². The Bertz CT molecular complexity index is 3.90. The summed E-state index contributed by atoms with van der Waals surface area (Å²) in [6.07, 6.45) is 0. The fourth-order valence-electron chi connectivity index (χ4n) is 0. The van der Waals surface area contributed by atoms with Gasteiger partial charge in [-0.05, 0) is 9.90 Å². The Morgan fingerprint density at radius 1 is 0.333 bits per heavy atom. The Kier molecular flexibility index (Phi) is 221. The minimum absolute atomic E-state index is 0. The van der Waals surface area contributed by atoms with E-state index in [-0.39, 0.29) is 158 Å². The molecule has 0 nitrogen and oxygen atoms in total. The summed E-state index contributed by atoms with van der Waals surface area (Å²) in [6.45, 7) is 0. The molecule has 0 saturated carbocycles. The van der Waals surface area contributed by atoms with Crippen LogP contribution in [-0.2, 0) is 0 Å². The molecule has 8 valence electrons. The molecule has 0 aliphatic heterocycles. The van der Waals surface area contributed by atoms with Crippen LogP contribution in [0.1, 0.15) is 0 Å². The summed E-state index contributed by atoms with van der Waals surface area (Å²) >= 11 is 0. The van der Waals surface area contributed by atoms with E-state index in [1.54, 1.807) is 0 Å². The number of hydrogen-bond acceptors (Lipinski definition) is 0. The molecular weight excluding hydrogens is 146 g/mol. The molecule has 0 heterocycles. The molecule has 0 spiro atoms. The standard InChI is InChI=1S/5Na.H3P/h;;;;;1H3/q5*+1;/p+1. The van der Waals surface area contributed by atoms with Gasteiger partial charge in [0.05, 0.1) is 0 Å². The molecule has 0 aliphatic rings. The van der Waals surface area contributed by atoms with Crippen LogP contribution in [-0.4, -0.2) is 0 Å². The third kappa shape index (κ3) is 22.7. The molecule has 0 fully saturated rings. The summed E-state index contributed by atoms with van der Waals surface area (Å²) in [5.41, 5.74) is 0. The molecule has 0 aliphatic carbocycles. The zero-order chi connectivity index (χ0) is 0. The topological polar surface area (TPSA) is 0 Å². The summed E-state index contributed by atoms with van der Waals surface area (Å²) in [4.78, 5) is 0. The van der Waals surface area contributed by atoms with E-state index >= 15 is 0 Å². The second kappa shape index (κ2) is 31.5. The Hall–Kier alpha value is 5.43. The van der Waals surface area contributed by atoms with Crippen molar-refractivity contribution in [1.82, 2.24) is 0 Å². The van der Waals surface area contributed by atoms with Gasteiger partial charge < -0.3 is 0 Å². The predicted molar refractivity (Wildman–Crippen MR) is 12.5 cm³/mol. The smallest absolute Gasteiger partial charge is 0.0395 e. The van der Waals surface area contributed by atoms with Crippen LogP contribution in [0.25, 0.3) is 0 Å². The van der Waals surface area contributed by atoms with Gasteiger partial charge in [0.15, 0.2) is 0 Å². The summed E-state index contributed by atoms with van der Waals surface area (Å²) in [6, 6.07) is 0. The molecule has 0 aromatic carbocycles. The van der Waals surface area contributed by atoms with E-state index in [1.165, 1.54) is 0 Å². The SMILES string of the molecule is [Na+].[Na+].[Na+].[Na+].[Na+].[PH4+]. The minimum Gasteiger partial charge on any atom is -0.0395 e. The van der Waals surface area contributed by atoms with Crippen LogP contribution in [0.2, 0.25) is 0 Å². The van der Waals surface area contributed by atoms with Gasteiger partial charge in [0.1, 0.15) is 0 Å². The van der Waals surface area contributed by atoms with Crippen LogP contribution < -0.4 is 148 Å². The second-order valence-electron chi connectivity index (χ2n) is 0. The molecule has 0 amide bonds. The van der Waals surface area contributed by atoms with E-state index < -0.39 is 0 Å². The van der Waals surface area contributed by atoms with Crippen LogP contribution in [0.4, 0.5) is 0 Å². The molecule has 6 heavy (non-hydrogen) atoms. The van der Waals surface area contributed by atoms with Crippen molar-refractivity contribution in [2.75, 3.05) is 0 Å². The quantitative estimate of drug-likeness (QED) is 0.237. The molecule has 0 aromatic rings. The molecule has 0 rings (SSSR count). The summed E-state index contributed by atoms with van der Waals surface area (Å²) in [5, 5.41) is 0. The first-order chi connectivity index (χ1) is 0. The van der Waals surface area contributed by atoms with Crippen LogP contribution in [0.15, 0.2) is 0 Å². The van der Waals surface area contributed by atoms with Crippen molar-refractivity contribution in [3.05, 3.63) is 0 Å². The van der Waals surface area contributed by atoms with Gasteiger partial charge in [0.2, 0.25) is 0 Å². The van der Waals surface area contributed by atoms with E-state index in [1.807, 2.05) is 0 Å². The van der Waals surface area contributed by atoms with Crippen LogP contribution in [0.3, 0.4) is 0 Å². The molecule has 0 N–H and O–H groups in total. The van der Waals surface area contributed by atoms with E-state index in [2.05, 4.69) is 0 Å². The van der Waals surface area contributed by atoms with Gasteiger partial charge in [-0.3, -0.25) is 0 Å². The van der Waals surface area contributed by atoms with Gasteiger partial charge in [-0.15, -0.1) is 0 Å². The predicted octanol–water partition coefficient (Wildman–Crippen LogP) is -15.2. The molecule has 0 bridgehead atoms. The van der Waals surface area contributed by atoms with Gasteiger partial charge in [-0.1, -0.05) is 0 Å². The van der Waals surface area contributed by atoms with Gasteiger partial charge in [-0.25, -0.2) is 0 Å². The zero-order valence-corrected chi connectivity index (χ0v) is 18.0. The average Bonchev–Trinajstić information content (AvgIpc) is 0. The van der Waals surface area contributed by atoms with Crippen molar-refractivity contribution >= 4 is 9.90 Å². The molecule has 6 heteroatoms. The van der Waals surface area contributed by atoms with Crippen molar-refractivity contribution in [3.8, 4) is 0 Å². The van der Waals surface area contributed by atoms with Gasteiger partial charge >= 0.3 is 148 Å². The van der Waals surface area contributed by atoms with Gasteiger partial charge in [0.25, 0.3) is 0 Å². The van der Waals surface area contributed by atoms with Crippen LogP contribution >= 0.6 is 9.90 Å². The Labute approximate surface area is 153 Å². The first kappa shape index (κ1) is 42.2. The first-order valence-electron chi connectivity index (χ1n) is 0.